The first kappa shape index (κ1) is 11.6. The fraction of sp³-hybridized carbons (Fsp3) is 0.636. The molecule has 0 spiro atoms. The van der Waals surface area contributed by atoms with Crippen molar-refractivity contribution in [2.24, 2.45) is 11.7 Å². The number of halogens is 1. The van der Waals surface area contributed by atoms with Crippen molar-refractivity contribution < 1.29 is 4.74 Å². The largest absolute Gasteiger partial charge is 0.381 e. The van der Waals surface area contributed by atoms with Crippen molar-refractivity contribution in [1.29, 1.82) is 0 Å². The molecule has 0 radical (unpaired) electrons. The Morgan fingerprint density at radius 1 is 1.67 bits per heavy atom. The van der Waals surface area contributed by atoms with Crippen molar-refractivity contribution in [3.05, 3.63) is 20.3 Å². The number of thiophene rings is 1. The van der Waals surface area contributed by atoms with Gasteiger partial charge >= 0.3 is 0 Å². The van der Waals surface area contributed by atoms with Crippen molar-refractivity contribution in [3.63, 3.8) is 0 Å². The van der Waals surface area contributed by atoms with Crippen molar-refractivity contribution in [2.75, 3.05) is 13.2 Å². The van der Waals surface area contributed by atoms with Crippen LogP contribution >= 0.6 is 27.3 Å². The molecule has 1 fully saturated rings. The van der Waals surface area contributed by atoms with Crippen LogP contribution in [0.3, 0.4) is 0 Å². The minimum Gasteiger partial charge on any atom is -0.381 e. The third-order valence-electron chi connectivity index (χ3n) is 2.91. The van der Waals surface area contributed by atoms with Crippen LogP contribution in [-0.4, -0.2) is 13.2 Å². The Bertz CT molecular complexity index is 314. The molecule has 2 unspecified atom stereocenters. The highest BCUT2D eigenvalue weighted by atomic mass is 79.9. The van der Waals surface area contributed by atoms with Gasteiger partial charge in [-0.05, 0) is 47.3 Å². The molecule has 1 aliphatic heterocycles. The molecule has 0 amide bonds. The Labute approximate surface area is 103 Å². The van der Waals surface area contributed by atoms with E-state index in [1.165, 1.54) is 20.6 Å². The fourth-order valence-corrected chi connectivity index (χ4v) is 3.60. The summed E-state index contributed by atoms with van der Waals surface area (Å²) in [6.07, 6.45) is 2.33. The van der Waals surface area contributed by atoms with E-state index < -0.39 is 0 Å². The van der Waals surface area contributed by atoms with Crippen molar-refractivity contribution in [1.82, 2.24) is 0 Å². The van der Waals surface area contributed by atoms with Crippen molar-refractivity contribution in [3.8, 4) is 0 Å². The summed E-state index contributed by atoms with van der Waals surface area (Å²) in [5.41, 5.74) is 7.54. The van der Waals surface area contributed by atoms with Gasteiger partial charge in [-0.3, -0.25) is 0 Å². The zero-order valence-corrected chi connectivity index (χ0v) is 11.2. The molecular formula is C11H16BrNOS. The summed E-state index contributed by atoms with van der Waals surface area (Å²) >= 11 is 5.29. The standard InChI is InChI=1S/C11H16BrNOS/c1-7-5-9(15-11(7)12)10(13)8-3-2-4-14-6-8/h5,8,10H,2-4,6,13H2,1H3. The second-order valence-corrected chi connectivity index (χ2v) is 6.51. The summed E-state index contributed by atoms with van der Waals surface area (Å²) in [5, 5.41) is 0. The van der Waals surface area contributed by atoms with E-state index in [0.717, 1.165) is 19.6 Å². The molecule has 1 aromatic heterocycles. The second-order valence-electron chi connectivity index (χ2n) is 4.11. The minimum atomic E-state index is 0.139. The molecule has 2 N–H and O–H groups in total. The van der Waals surface area contributed by atoms with Gasteiger partial charge in [0.1, 0.15) is 0 Å². The Morgan fingerprint density at radius 2 is 2.47 bits per heavy atom. The van der Waals surface area contributed by atoms with Gasteiger partial charge in [0, 0.05) is 23.4 Å². The highest BCUT2D eigenvalue weighted by Crippen LogP contribution is 2.35. The molecule has 15 heavy (non-hydrogen) atoms. The highest BCUT2D eigenvalue weighted by Gasteiger charge is 2.24. The van der Waals surface area contributed by atoms with Crippen LogP contribution in [0.5, 0.6) is 0 Å². The summed E-state index contributed by atoms with van der Waals surface area (Å²) in [4.78, 5) is 1.27. The van der Waals surface area contributed by atoms with Crippen LogP contribution in [0.4, 0.5) is 0 Å². The molecule has 0 saturated carbocycles. The monoisotopic (exact) mass is 289 g/mol. The molecule has 0 aliphatic carbocycles. The minimum absolute atomic E-state index is 0.139. The van der Waals surface area contributed by atoms with Gasteiger partial charge in [0.15, 0.2) is 0 Å². The van der Waals surface area contributed by atoms with E-state index in [1.54, 1.807) is 11.3 Å². The quantitative estimate of drug-likeness (QED) is 0.907. The van der Waals surface area contributed by atoms with E-state index in [4.69, 9.17) is 10.5 Å². The van der Waals surface area contributed by atoms with Gasteiger partial charge in [0.25, 0.3) is 0 Å². The lowest BCUT2D eigenvalue weighted by atomic mass is 9.93. The van der Waals surface area contributed by atoms with E-state index in [0.29, 0.717) is 5.92 Å². The first-order valence-corrected chi connectivity index (χ1v) is 6.88. The van der Waals surface area contributed by atoms with Crippen LogP contribution in [-0.2, 0) is 4.74 Å². The molecule has 0 bridgehead atoms. The first-order chi connectivity index (χ1) is 7.18. The van der Waals surface area contributed by atoms with Crippen LogP contribution in [0.1, 0.15) is 29.3 Å². The number of rotatable bonds is 2. The maximum atomic E-state index is 6.26. The van der Waals surface area contributed by atoms with Gasteiger partial charge in [-0.25, -0.2) is 0 Å². The number of hydrogen-bond acceptors (Lipinski definition) is 3. The van der Waals surface area contributed by atoms with Gasteiger partial charge in [-0.2, -0.15) is 0 Å². The van der Waals surface area contributed by atoms with E-state index in [2.05, 4.69) is 28.9 Å². The molecule has 1 aromatic rings. The Kier molecular flexibility index (Phi) is 3.83. The fourth-order valence-electron chi connectivity index (χ4n) is 1.93. The van der Waals surface area contributed by atoms with Crippen LogP contribution in [0, 0.1) is 12.8 Å². The highest BCUT2D eigenvalue weighted by molar-refractivity contribution is 9.11. The zero-order chi connectivity index (χ0) is 10.8. The predicted octanol–water partition coefficient (Wildman–Crippen LogP) is 3.25. The van der Waals surface area contributed by atoms with E-state index in [-0.39, 0.29) is 6.04 Å². The normalized spacial score (nSPS) is 24.1. The van der Waals surface area contributed by atoms with E-state index in [1.807, 2.05) is 0 Å². The van der Waals surface area contributed by atoms with Gasteiger partial charge < -0.3 is 10.5 Å². The molecule has 4 heteroatoms. The molecule has 1 aliphatic rings. The average Bonchev–Trinajstić information content (AvgIpc) is 2.59. The Morgan fingerprint density at radius 3 is 3.00 bits per heavy atom. The summed E-state index contributed by atoms with van der Waals surface area (Å²) in [6.45, 7) is 3.82. The zero-order valence-electron chi connectivity index (χ0n) is 8.83. The van der Waals surface area contributed by atoms with E-state index >= 15 is 0 Å². The third-order valence-corrected chi connectivity index (χ3v) is 5.15. The van der Waals surface area contributed by atoms with Crippen LogP contribution in [0.15, 0.2) is 9.85 Å². The topological polar surface area (TPSA) is 35.2 Å². The molecule has 84 valence electrons. The number of nitrogens with two attached hydrogens (primary N) is 1. The summed E-state index contributed by atoms with van der Waals surface area (Å²) in [7, 11) is 0. The van der Waals surface area contributed by atoms with Crippen molar-refractivity contribution in [2.45, 2.75) is 25.8 Å². The average molecular weight is 290 g/mol. The lowest BCUT2D eigenvalue weighted by Gasteiger charge is -2.26. The number of ether oxygens (including phenoxy) is 1. The maximum absolute atomic E-state index is 6.26. The summed E-state index contributed by atoms with van der Waals surface area (Å²) < 4.78 is 6.67. The smallest absolute Gasteiger partial charge is 0.0731 e. The SMILES string of the molecule is Cc1cc(C(N)C2CCCOC2)sc1Br. The van der Waals surface area contributed by atoms with Gasteiger partial charge in [0.2, 0.25) is 0 Å². The van der Waals surface area contributed by atoms with Crippen LogP contribution in [0.25, 0.3) is 0 Å². The lowest BCUT2D eigenvalue weighted by molar-refractivity contribution is 0.0452. The molecule has 2 nitrogen and oxygen atoms in total. The van der Waals surface area contributed by atoms with Crippen molar-refractivity contribution >= 4 is 27.3 Å². The predicted molar refractivity (Wildman–Crippen MR) is 67.2 cm³/mol. The van der Waals surface area contributed by atoms with Gasteiger partial charge in [-0.1, -0.05) is 0 Å². The first-order valence-electron chi connectivity index (χ1n) is 5.27. The molecule has 1 saturated heterocycles. The number of aryl methyl sites for hydroxylation is 1. The van der Waals surface area contributed by atoms with Crippen LogP contribution in [0.2, 0.25) is 0 Å². The van der Waals surface area contributed by atoms with Gasteiger partial charge in [-0.15, -0.1) is 11.3 Å². The number of hydrogen-bond donors (Lipinski definition) is 1. The molecule has 2 heterocycles. The van der Waals surface area contributed by atoms with Gasteiger partial charge in [0.05, 0.1) is 10.4 Å². The van der Waals surface area contributed by atoms with Crippen LogP contribution < -0.4 is 5.73 Å². The summed E-state index contributed by atoms with van der Waals surface area (Å²) in [5.74, 6) is 0.490. The Balaban J connectivity index is 2.08. The second kappa shape index (κ2) is 4.95. The molecular weight excluding hydrogens is 274 g/mol. The Hall–Kier alpha value is 0.100. The third kappa shape index (κ3) is 2.61. The lowest BCUT2D eigenvalue weighted by Crippen LogP contribution is -2.28. The summed E-state index contributed by atoms with van der Waals surface area (Å²) in [6, 6.07) is 2.33. The maximum Gasteiger partial charge on any atom is 0.0731 e. The molecule has 2 rings (SSSR count). The molecule has 2 atom stereocenters. The van der Waals surface area contributed by atoms with E-state index in [9.17, 15) is 0 Å². The molecule has 0 aromatic carbocycles.